The van der Waals surface area contributed by atoms with Crippen molar-refractivity contribution in [3.8, 4) is 0 Å². The molecule has 60 valence electrons. The van der Waals surface area contributed by atoms with Crippen molar-refractivity contribution in [2.24, 2.45) is 0 Å². The van der Waals surface area contributed by atoms with E-state index >= 15 is 0 Å². The summed E-state index contributed by atoms with van der Waals surface area (Å²) in [6.07, 6.45) is 4.17. The second-order valence-corrected chi connectivity index (χ2v) is 5.90. The van der Waals surface area contributed by atoms with E-state index in [1.165, 1.54) is 10.8 Å². The summed E-state index contributed by atoms with van der Waals surface area (Å²) in [6.45, 7) is 0. The Morgan fingerprint density at radius 3 is 2.40 bits per heavy atom. The molecular formula is C6H9I3O. The Bertz CT molecular complexity index is 105. The minimum atomic E-state index is 0.456. The molecule has 1 nitrogen and oxygen atoms in total. The summed E-state index contributed by atoms with van der Waals surface area (Å²) in [5.74, 6) is 0. The fraction of sp³-hybridized carbons (Fsp3) is 0.667. The first-order valence-electron chi connectivity index (χ1n) is 2.87. The van der Waals surface area contributed by atoms with Crippen LogP contribution in [0.25, 0.3) is 0 Å². The van der Waals surface area contributed by atoms with Crippen molar-refractivity contribution < 1.29 is 5.11 Å². The van der Waals surface area contributed by atoms with E-state index in [1.54, 1.807) is 0 Å². The molecule has 0 bridgehead atoms. The molecule has 0 rings (SSSR count). The quantitative estimate of drug-likeness (QED) is 0.373. The van der Waals surface area contributed by atoms with Gasteiger partial charge < -0.3 is 5.11 Å². The van der Waals surface area contributed by atoms with Gasteiger partial charge in [0.05, 0.1) is 6.26 Å². The van der Waals surface area contributed by atoms with Crippen molar-refractivity contribution >= 4 is 67.8 Å². The van der Waals surface area contributed by atoms with Crippen molar-refractivity contribution in [2.75, 3.05) is 4.43 Å². The lowest BCUT2D eigenvalue weighted by molar-refractivity contribution is 0.471. The lowest BCUT2D eigenvalue weighted by Crippen LogP contribution is -2.10. The molecule has 0 aromatic carbocycles. The minimum Gasteiger partial charge on any atom is -0.516 e. The highest BCUT2D eigenvalue weighted by Crippen LogP contribution is 2.20. The predicted molar refractivity (Wildman–Crippen MR) is 70.9 cm³/mol. The van der Waals surface area contributed by atoms with E-state index in [-0.39, 0.29) is 0 Å². The fourth-order valence-electron chi connectivity index (χ4n) is 0.466. The van der Waals surface area contributed by atoms with Crippen molar-refractivity contribution in [2.45, 2.75) is 14.3 Å². The van der Waals surface area contributed by atoms with E-state index in [9.17, 15) is 0 Å². The lowest BCUT2D eigenvalue weighted by Gasteiger charge is -2.10. The molecule has 0 radical (unpaired) electrons. The SMILES string of the molecule is OC=CC(I)C(I)CCI. The van der Waals surface area contributed by atoms with Gasteiger partial charge in [0, 0.05) is 12.3 Å². The molecule has 0 fully saturated rings. The van der Waals surface area contributed by atoms with E-state index in [2.05, 4.69) is 67.8 Å². The number of allylic oxidation sites excluding steroid dienone is 1. The number of rotatable bonds is 4. The zero-order valence-electron chi connectivity index (χ0n) is 5.30. The largest absolute Gasteiger partial charge is 0.516 e. The highest BCUT2D eigenvalue weighted by Gasteiger charge is 2.10. The zero-order valence-corrected chi connectivity index (χ0v) is 11.8. The smallest absolute Gasteiger partial charge is 0.0762 e. The van der Waals surface area contributed by atoms with Gasteiger partial charge in [0.25, 0.3) is 0 Å². The highest BCUT2D eigenvalue weighted by molar-refractivity contribution is 14.1. The normalized spacial score (nSPS) is 17.5. The molecule has 0 aliphatic rings. The first-order valence-corrected chi connectivity index (χ1v) is 6.89. The third kappa shape index (κ3) is 5.39. The van der Waals surface area contributed by atoms with Gasteiger partial charge in [0.2, 0.25) is 0 Å². The molecule has 0 aliphatic carbocycles. The van der Waals surface area contributed by atoms with Gasteiger partial charge >= 0.3 is 0 Å². The van der Waals surface area contributed by atoms with Crippen LogP contribution >= 0.6 is 67.8 Å². The molecule has 0 spiro atoms. The maximum Gasteiger partial charge on any atom is 0.0762 e. The van der Waals surface area contributed by atoms with Crippen LogP contribution < -0.4 is 0 Å². The van der Waals surface area contributed by atoms with Crippen LogP contribution in [-0.2, 0) is 0 Å². The van der Waals surface area contributed by atoms with Crippen LogP contribution in [0.15, 0.2) is 12.3 Å². The number of hydrogen-bond acceptors (Lipinski definition) is 1. The monoisotopic (exact) mass is 478 g/mol. The van der Waals surface area contributed by atoms with E-state index in [0.29, 0.717) is 7.85 Å². The molecule has 1 N–H and O–H groups in total. The van der Waals surface area contributed by atoms with E-state index in [0.717, 1.165) is 6.26 Å². The van der Waals surface area contributed by atoms with Crippen molar-refractivity contribution in [3.05, 3.63) is 12.3 Å². The van der Waals surface area contributed by atoms with Gasteiger partial charge in [-0.3, -0.25) is 0 Å². The molecule has 0 saturated heterocycles. The summed E-state index contributed by atoms with van der Waals surface area (Å²) < 4.78 is 2.28. The average molecular weight is 478 g/mol. The molecule has 0 saturated carbocycles. The third-order valence-corrected chi connectivity index (χ3v) is 5.68. The zero-order chi connectivity index (χ0) is 7.98. The Hall–Kier alpha value is 1.73. The summed E-state index contributed by atoms with van der Waals surface area (Å²) in [6, 6.07) is 0. The fourth-order valence-corrected chi connectivity index (χ4v) is 3.43. The topological polar surface area (TPSA) is 20.2 Å². The standard InChI is InChI=1S/C6H9I3O/c7-3-1-5(8)6(9)2-4-10/h2,4-6,10H,1,3H2. The van der Waals surface area contributed by atoms with Gasteiger partial charge in [-0.25, -0.2) is 0 Å². The van der Waals surface area contributed by atoms with Crippen LogP contribution in [0.4, 0.5) is 0 Å². The van der Waals surface area contributed by atoms with Gasteiger partial charge in [0.1, 0.15) is 0 Å². The number of halogens is 3. The summed E-state index contributed by atoms with van der Waals surface area (Å²) in [5, 5.41) is 8.46. The Kier molecular flexibility index (Phi) is 8.66. The van der Waals surface area contributed by atoms with Crippen molar-refractivity contribution in [3.63, 3.8) is 0 Å². The van der Waals surface area contributed by atoms with Crippen LogP contribution in [0, 0.1) is 0 Å². The van der Waals surface area contributed by atoms with Crippen LogP contribution in [0.1, 0.15) is 6.42 Å². The van der Waals surface area contributed by atoms with Gasteiger partial charge in [-0.15, -0.1) is 0 Å². The number of aliphatic hydroxyl groups excluding tert-OH is 1. The summed E-state index contributed by atoms with van der Waals surface area (Å²) >= 11 is 7.12. The summed E-state index contributed by atoms with van der Waals surface area (Å²) in [7, 11) is 0. The van der Waals surface area contributed by atoms with E-state index in [1.807, 2.05) is 6.08 Å². The van der Waals surface area contributed by atoms with Crippen molar-refractivity contribution in [1.82, 2.24) is 0 Å². The Morgan fingerprint density at radius 2 is 2.00 bits per heavy atom. The molecule has 0 aromatic rings. The molecule has 0 heterocycles. The second kappa shape index (κ2) is 7.38. The Labute approximate surface area is 102 Å². The predicted octanol–water partition coefficient (Wildman–Crippen LogP) is 3.49. The van der Waals surface area contributed by atoms with Crippen LogP contribution in [0.3, 0.4) is 0 Å². The third-order valence-electron chi connectivity index (χ3n) is 1.00. The van der Waals surface area contributed by atoms with Crippen LogP contribution in [0.5, 0.6) is 0 Å². The number of hydrogen-bond donors (Lipinski definition) is 1. The van der Waals surface area contributed by atoms with E-state index in [4.69, 9.17) is 5.11 Å². The average Bonchev–Trinajstić information content (AvgIpc) is 1.89. The lowest BCUT2D eigenvalue weighted by atomic mass is 10.2. The molecule has 0 aromatic heterocycles. The summed E-state index contributed by atoms with van der Waals surface area (Å²) in [4.78, 5) is 0. The molecule has 4 heteroatoms. The molecule has 2 unspecified atom stereocenters. The Morgan fingerprint density at radius 1 is 1.40 bits per heavy atom. The van der Waals surface area contributed by atoms with Gasteiger partial charge in [-0.1, -0.05) is 67.8 Å². The molecular weight excluding hydrogens is 469 g/mol. The minimum absolute atomic E-state index is 0.456. The molecule has 10 heavy (non-hydrogen) atoms. The maximum absolute atomic E-state index is 8.46. The number of aliphatic hydroxyl groups is 1. The molecule has 2 atom stereocenters. The second-order valence-electron chi connectivity index (χ2n) is 1.78. The van der Waals surface area contributed by atoms with E-state index < -0.39 is 0 Å². The van der Waals surface area contributed by atoms with Gasteiger partial charge in [-0.2, -0.15) is 0 Å². The van der Waals surface area contributed by atoms with Gasteiger partial charge in [-0.05, 0) is 12.5 Å². The molecule has 0 amide bonds. The first kappa shape index (κ1) is 11.7. The maximum atomic E-state index is 8.46. The van der Waals surface area contributed by atoms with Gasteiger partial charge in [0.15, 0.2) is 0 Å². The Balaban J connectivity index is 3.58. The van der Waals surface area contributed by atoms with Crippen LogP contribution in [-0.4, -0.2) is 17.4 Å². The first-order chi connectivity index (χ1) is 4.72. The summed E-state index contributed by atoms with van der Waals surface area (Å²) in [5.41, 5.74) is 0. The highest BCUT2D eigenvalue weighted by atomic mass is 127. The van der Waals surface area contributed by atoms with Crippen molar-refractivity contribution in [1.29, 1.82) is 0 Å². The van der Waals surface area contributed by atoms with Crippen LogP contribution in [0.2, 0.25) is 0 Å². The molecule has 0 aliphatic heterocycles. The number of alkyl halides is 3.